The third-order valence-electron chi connectivity index (χ3n) is 5.97. The highest BCUT2D eigenvalue weighted by atomic mass is 32.1. The molecule has 5 rings (SSSR count). The van der Waals surface area contributed by atoms with Crippen molar-refractivity contribution in [1.29, 1.82) is 0 Å². The van der Waals surface area contributed by atoms with Crippen molar-refractivity contribution in [1.82, 2.24) is 14.5 Å². The van der Waals surface area contributed by atoms with Gasteiger partial charge in [-0.1, -0.05) is 53.8 Å². The van der Waals surface area contributed by atoms with E-state index in [0.717, 1.165) is 28.8 Å². The van der Waals surface area contributed by atoms with Gasteiger partial charge >= 0.3 is 0 Å². The molecule has 7 nitrogen and oxygen atoms in total. The van der Waals surface area contributed by atoms with Gasteiger partial charge in [-0.2, -0.15) is 0 Å². The van der Waals surface area contributed by atoms with Crippen LogP contribution in [0.2, 0.25) is 0 Å². The molecule has 0 fully saturated rings. The van der Waals surface area contributed by atoms with Crippen molar-refractivity contribution in [2.75, 3.05) is 25.7 Å². The lowest BCUT2D eigenvalue weighted by Gasteiger charge is -2.20. The third-order valence-corrected chi connectivity index (χ3v) is 7.06. The minimum absolute atomic E-state index is 0.0998. The highest BCUT2D eigenvalue weighted by molar-refractivity contribution is 7.22. The third kappa shape index (κ3) is 4.81. The summed E-state index contributed by atoms with van der Waals surface area (Å²) in [6.07, 6.45) is 6.20. The van der Waals surface area contributed by atoms with Crippen molar-refractivity contribution >= 4 is 32.6 Å². The van der Waals surface area contributed by atoms with Crippen LogP contribution in [-0.2, 0) is 6.54 Å². The van der Waals surface area contributed by atoms with Crippen molar-refractivity contribution in [2.24, 2.45) is 0 Å². The summed E-state index contributed by atoms with van der Waals surface area (Å²) in [6, 6.07) is 21.5. The Morgan fingerprint density at radius 2 is 1.67 bits per heavy atom. The van der Waals surface area contributed by atoms with Crippen molar-refractivity contribution in [3.05, 3.63) is 91.0 Å². The number of aryl methyl sites for hydroxylation is 1. The molecule has 0 aliphatic rings. The molecule has 3 aromatic carbocycles. The van der Waals surface area contributed by atoms with Crippen LogP contribution < -0.4 is 14.4 Å². The summed E-state index contributed by atoms with van der Waals surface area (Å²) in [4.78, 5) is 24.5. The number of hydrogen-bond donors (Lipinski definition) is 0. The minimum atomic E-state index is -0.0998. The fraction of sp³-hybridized carbons (Fsp3) is 0.179. The second kappa shape index (κ2) is 10.6. The Morgan fingerprint density at radius 3 is 2.36 bits per heavy atom. The topological polar surface area (TPSA) is 69.5 Å². The summed E-state index contributed by atoms with van der Waals surface area (Å²) < 4.78 is 13.9. The first-order valence-electron chi connectivity index (χ1n) is 11.6. The Labute approximate surface area is 213 Å². The second-order valence-corrected chi connectivity index (χ2v) is 9.18. The van der Waals surface area contributed by atoms with E-state index in [-0.39, 0.29) is 5.91 Å². The van der Waals surface area contributed by atoms with E-state index in [9.17, 15) is 4.79 Å². The van der Waals surface area contributed by atoms with Crippen molar-refractivity contribution < 1.29 is 14.3 Å². The SMILES string of the molecule is COc1ccc(OC)c2sc(N(CCCn3ccnc3)C(=O)c3ccc(-c4ccccc4)cc3)nc12. The van der Waals surface area contributed by atoms with E-state index in [2.05, 4.69) is 17.1 Å². The number of amides is 1. The van der Waals surface area contributed by atoms with Gasteiger partial charge in [0, 0.05) is 31.0 Å². The van der Waals surface area contributed by atoms with Gasteiger partial charge in [-0.15, -0.1) is 0 Å². The fourth-order valence-corrected chi connectivity index (χ4v) is 5.19. The van der Waals surface area contributed by atoms with Crippen LogP contribution in [0.5, 0.6) is 11.5 Å². The van der Waals surface area contributed by atoms with Gasteiger partial charge in [0.2, 0.25) is 0 Å². The molecule has 0 saturated heterocycles. The first-order valence-corrected chi connectivity index (χ1v) is 12.4. The molecule has 0 bridgehead atoms. The number of carbonyl (C=O) groups excluding carboxylic acids is 1. The number of thiazole rings is 1. The van der Waals surface area contributed by atoms with Gasteiger partial charge in [0.15, 0.2) is 5.13 Å². The Balaban J connectivity index is 1.48. The smallest absolute Gasteiger partial charge is 0.260 e. The molecule has 0 radical (unpaired) electrons. The lowest BCUT2D eigenvalue weighted by Crippen LogP contribution is -2.32. The van der Waals surface area contributed by atoms with Crippen molar-refractivity contribution in [3.63, 3.8) is 0 Å². The lowest BCUT2D eigenvalue weighted by molar-refractivity contribution is 0.0986. The van der Waals surface area contributed by atoms with E-state index in [1.165, 1.54) is 11.3 Å². The van der Waals surface area contributed by atoms with Gasteiger partial charge in [0.1, 0.15) is 21.7 Å². The number of aromatic nitrogens is 3. The normalized spacial score (nSPS) is 10.9. The lowest BCUT2D eigenvalue weighted by atomic mass is 10.0. The number of methoxy groups -OCH3 is 2. The molecule has 0 N–H and O–H groups in total. The first-order chi connectivity index (χ1) is 17.7. The van der Waals surface area contributed by atoms with E-state index >= 15 is 0 Å². The molecule has 5 aromatic rings. The molecule has 0 aliphatic heterocycles. The largest absolute Gasteiger partial charge is 0.495 e. The van der Waals surface area contributed by atoms with Crippen LogP contribution >= 0.6 is 11.3 Å². The highest BCUT2D eigenvalue weighted by Gasteiger charge is 2.23. The predicted octanol–water partition coefficient (Wildman–Crippen LogP) is 5.91. The summed E-state index contributed by atoms with van der Waals surface area (Å²) in [5, 5.41) is 0.607. The first kappa shape index (κ1) is 23.6. The van der Waals surface area contributed by atoms with Crippen LogP contribution in [0.4, 0.5) is 5.13 Å². The molecule has 0 atom stereocenters. The molecule has 36 heavy (non-hydrogen) atoms. The van der Waals surface area contributed by atoms with Crippen LogP contribution in [0.1, 0.15) is 16.8 Å². The number of hydrogen-bond acceptors (Lipinski definition) is 6. The van der Waals surface area contributed by atoms with Gasteiger partial charge in [-0.3, -0.25) is 9.69 Å². The molecule has 0 spiro atoms. The number of fused-ring (bicyclic) bond motifs is 1. The summed E-state index contributed by atoms with van der Waals surface area (Å²) >= 11 is 1.43. The molecule has 182 valence electrons. The van der Waals surface area contributed by atoms with Crippen LogP contribution in [0.25, 0.3) is 21.3 Å². The summed E-state index contributed by atoms with van der Waals surface area (Å²) in [5.41, 5.74) is 3.46. The van der Waals surface area contributed by atoms with Gasteiger partial charge in [0.05, 0.1) is 20.5 Å². The van der Waals surface area contributed by atoms with Gasteiger partial charge < -0.3 is 14.0 Å². The van der Waals surface area contributed by atoms with Gasteiger partial charge in [-0.05, 0) is 41.8 Å². The van der Waals surface area contributed by atoms with Crippen LogP contribution in [0.3, 0.4) is 0 Å². The van der Waals surface area contributed by atoms with E-state index in [4.69, 9.17) is 14.5 Å². The average molecular weight is 499 g/mol. The monoisotopic (exact) mass is 498 g/mol. The number of nitrogens with zero attached hydrogens (tertiary/aromatic N) is 4. The maximum Gasteiger partial charge on any atom is 0.260 e. The van der Waals surface area contributed by atoms with Gasteiger partial charge in [0.25, 0.3) is 5.91 Å². The zero-order valence-electron chi connectivity index (χ0n) is 20.1. The summed E-state index contributed by atoms with van der Waals surface area (Å²) in [5.74, 6) is 1.25. The van der Waals surface area contributed by atoms with E-state index < -0.39 is 0 Å². The van der Waals surface area contributed by atoms with E-state index in [1.54, 1.807) is 31.6 Å². The number of ether oxygens (including phenoxy) is 2. The van der Waals surface area contributed by atoms with E-state index in [1.807, 2.05) is 65.4 Å². The fourth-order valence-electron chi connectivity index (χ4n) is 4.10. The van der Waals surface area contributed by atoms with Crippen LogP contribution in [-0.4, -0.2) is 41.2 Å². The summed E-state index contributed by atoms with van der Waals surface area (Å²) in [6.45, 7) is 1.25. The molecule has 0 unspecified atom stereocenters. The molecular weight excluding hydrogens is 472 g/mol. The Morgan fingerprint density at radius 1 is 0.944 bits per heavy atom. The average Bonchev–Trinajstić information content (AvgIpc) is 3.61. The Bertz CT molecular complexity index is 1410. The maximum absolute atomic E-state index is 13.8. The van der Waals surface area contributed by atoms with Gasteiger partial charge in [-0.25, -0.2) is 9.97 Å². The molecule has 8 heteroatoms. The van der Waals surface area contributed by atoms with E-state index in [0.29, 0.717) is 34.3 Å². The Hall–Kier alpha value is -4.17. The van der Waals surface area contributed by atoms with Crippen molar-refractivity contribution in [3.8, 4) is 22.6 Å². The number of benzene rings is 3. The Kier molecular flexibility index (Phi) is 6.95. The van der Waals surface area contributed by atoms with Crippen molar-refractivity contribution in [2.45, 2.75) is 13.0 Å². The quantitative estimate of drug-likeness (QED) is 0.253. The second-order valence-electron chi connectivity index (χ2n) is 8.20. The molecular formula is C28H26N4O3S. The highest BCUT2D eigenvalue weighted by Crippen LogP contribution is 2.40. The summed E-state index contributed by atoms with van der Waals surface area (Å²) in [7, 11) is 3.24. The molecule has 2 heterocycles. The molecule has 1 amide bonds. The molecule has 2 aromatic heterocycles. The number of anilines is 1. The zero-order chi connectivity index (χ0) is 24.9. The molecule has 0 aliphatic carbocycles. The number of rotatable bonds is 9. The number of imidazole rings is 1. The number of carbonyl (C=O) groups is 1. The van der Waals surface area contributed by atoms with Crippen LogP contribution in [0.15, 0.2) is 85.5 Å². The zero-order valence-corrected chi connectivity index (χ0v) is 20.9. The van der Waals surface area contributed by atoms with Crippen LogP contribution in [0, 0.1) is 0 Å². The molecule has 0 saturated carbocycles. The maximum atomic E-state index is 13.8. The minimum Gasteiger partial charge on any atom is -0.495 e. The standard InChI is InChI=1S/C28H26N4O3S/c1-34-23-13-14-24(35-2)26-25(23)30-28(36-26)32(17-6-16-31-18-15-29-19-31)27(33)22-11-9-21(10-12-22)20-7-4-3-5-8-20/h3-5,7-15,18-19H,6,16-17H2,1-2H3. The predicted molar refractivity (Wildman–Crippen MR) is 143 cm³/mol.